The summed E-state index contributed by atoms with van der Waals surface area (Å²) in [4.78, 5) is 25.2. The predicted molar refractivity (Wildman–Crippen MR) is 83.7 cm³/mol. The fraction of sp³-hybridized carbons (Fsp3) is 0.429. The van der Waals surface area contributed by atoms with Crippen molar-refractivity contribution < 1.29 is 9.59 Å². The number of hydrogen-bond acceptors (Lipinski definition) is 3. The van der Waals surface area contributed by atoms with Crippen LogP contribution in [0.15, 0.2) is 22.7 Å². The van der Waals surface area contributed by atoms with Crippen LogP contribution in [-0.4, -0.2) is 43.4 Å². The minimum atomic E-state index is -0.350. The largest absolute Gasteiger partial charge is 0.358 e. The smallest absolute Gasteiger partial charge is 0.238 e. The van der Waals surface area contributed by atoms with Crippen LogP contribution in [0.3, 0.4) is 0 Å². The second-order valence-corrected chi connectivity index (χ2v) is 5.63. The predicted octanol–water partition coefficient (Wildman–Crippen LogP) is 1.76. The highest BCUT2D eigenvalue weighted by molar-refractivity contribution is 9.10. The van der Waals surface area contributed by atoms with Crippen LogP contribution in [-0.2, 0) is 9.59 Å². The van der Waals surface area contributed by atoms with E-state index in [1.54, 1.807) is 25.9 Å². The lowest BCUT2D eigenvalue weighted by Crippen LogP contribution is -2.44. The molecule has 0 saturated heterocycles. The molecule has 1 aromatic rings. The molecule has 0 heterocycles. The molecular formula is C14H20BrN3O2. The van der Waals surface area contributed by atoms with Gasteiger partial charge in [0, 0.05) is 17.2 Å². The van der Waals surface area contributed by atoms with Gasteiger partial charge in [-0.3, -0.25) is 14.5 Å². The third-order valence-corrected chi connectivity index (χ3v) is 3.64. The van der Waals surface area contributed by atoms with Gasteiger partial charge in [-0.25, -0.2) is 0 Å². The Morgan fingerprint density at radius 3 is 2.60 bits per heavy atom. The van der Waals surface area contributed by atoms with Crippen molar-refractivity contribution in [2.45, 2.75) is 19.9 Å². The zero-order valence-corrected chi connectivity index (χ0v) is 13.7. The SMILES string of the molecule is CNC(=O)[C@@H](C)N(C)CC(=O)Nc1ccc(Br)cc1C. The van der Waals surface area contributed by atoms with Gasteiger partial charge in [0.25, 0.3) is 0 Å². The summed E-state index contributed by atoms with van der Waals surface area (Å²) in [7, 11) is 3.33. The molecule has 0 radical (unpaired) electrons. The van der Waals surface area contributed by atoms with Crippen LogP contribution in [0.4, 0.5) is 5.69 Å². The van der Waals surface area contributed by atoms with Crippen molar-refractivity contribution >= 4 is 33.4 Å². The van der Waals surface area contributed by atoms with Gasteiger partial charge in [-0.1, -0.05) is 15.9 Å². The molecule has 0 fully saturated rings. The average molecular weight is 342 g/mol. The number of rotatable bonds is 5. The van der Waals surface area contributed by atoms with Gasteiger partial charge in [-0.05, 0) is 44.7 Å². The lowest BCUT2D eigenvalue weighted by molar-refractivity contribution is -0.126. The molecule has 1 aromatic carbocycles. The number of nitrogens with zero attached hydrogens (tertiary/aromatic N) is 1. The Labute approximate surface area is 127 Å². The van der Waals surface area contributed by atoms with E-state index in [0.717, 1.165) is 15.7 Å². The molecule has 0 aliphatic heterocycles. The first-order valence-corrected chi connectivity index (χ1v) is 7.12. The number of halogens is 1. The van der Waals surface area contributed by atoms with E-state index in [-0.39, 0.29) is 24.4 Å². The van der Waals surface area contributed by atoms with E-state index in [1.807, 2.05) is 25.1 Å². The zero-order valence-electron chi connectivity index (χ0n) is 12.2. The second kappa shape index (κ2) is 7.40. The first kappa shape index (κ1) is 16.7. The number of carbonyl (C=O) groups excluding carboxylic acids is 2. The average Bonchev–Trinajstić information content (AvgIpc) is 2.40. The molecule has 1 atom stereocenters. The quantitative estimate of drug-likeness (QED) is 0.857. The molecular weight excluding hydrogens is 322 g/mol. The number of nitrogens with one attached hydrogen (secondary N) is 2. The van der Waals surface area contributed by atoms with Crippen molar-refractivity contribution in [1.29, 1.82) is 0 Å². The molecule has 0 aliphatic rings. The molecule has 0 saturated carbocycles. The Bertz CT molecular complexity index is 505. The molecule has 110 valence electrons. The zero-order chi connectivity index (χ0) is 15.3. The maximum atomic E-state index is 12.0. The van der Waals surface area contributed by atoms with Crippen LogP contribution in [0.1, 0.15) is 12.5 Å². The number of carbonyl (C=O) groups is 2. The standard InChI is InChI=1S/C14H20BrN3O2/c1-9-7-11(15)5-6-12(9)17-13(19)8-18(4)10(2)14(20)16-3/h5-7,10H,8H2,1-4H3,(H,16,20)(H,17,19)/t10-/m1/s1. The van der Waals surface area contributed by atoms with Gasteiger partial charge in [0.15, 0.2) is 0 Å². The van der Waals surface area contributed by atoms with E-state index >= 15 is 0 Å². The summed E-state index contributed by atoms with van der Waals surface area (Å²) in [5, 5.41) is 5.41. The second-order valence-electron chi connectivity index (χ2n) is 4.71. The third-order valence-electron chi connectivity index (χ3n) is 3.14. The van der Waals surface area contributed by atoms with Crippen LogP contribution in [0.25, 0.3) is 0 Å². The number of benzene rings is 1. The first-order valence-electron chi connectivity index (χ1n) is 6.33. The Morgan fingerprint density at radius 2 is 2.05 bits per heavy atom. The van der Waals surface area contributed by atoms with Crippen molar-refractivity contribution in [2.24, 2.45) is 0 Å². The van der Waals surface area contributed by atoms with Crippen molar-refractivity contribution in [2.75, 3.05) is 26.0 Å². The molecule has 2 N–H and O–H groups in total. The van der Waals surface area contributed by atoms with Crippen molar-refractivity contribution in [3.8, 4) is 0 Å². The summed E-state index contributed by atoms with van der Waals surface area (Å²) in [6, 6.07) is 5.31. The van der Waals surface area contributed by atoms with E-state index in [9.17, 15) is 9.59 Å². The van der Waals surface area contributed by atoms with Crippen molar-refractivity contribution in [3.63, 3.8) is 0 Å². The molecule has 2 amide bonds. The molecule has 6 heteroatoms. The van der Waals surface area contributed by atoms with E-state index in [0.29, 0.717) is 0 Å². The van der Waals surface area contributed by atoms with Gasteiger partial charge < -0.3 is 10.6 Å². The summed E-state index contributed by atoms with van der Waals surface area (Å²) >= 11 is 3.38. The van der Waals surface area contributed by atoms with Gasteiger partial charge >= 0.3 is 0 Å². The number of amides is 2. The summed E-state index contributed by atoms with van der Waals surface area (Å²) in [6.45, 7) is 3.85. The molecule has 0 unspecified atom stereocenters. The normalized spacial score (nSPS) is 12.1. The monoisotopic (exact) mass is 341 g/mol. The van der Waals surface area contributed by atoms with Crippen LogP contribution in [0.5, 0.6) is 0 Å². The molecule has 0 spiro atoms. The molecule has 0 aliphatic carbocycles. The van der Waals surface area contributed by atoms with E-state index in [4.69, 9.17) is 0 Å². The Balaban J connectivity index is 2.61. The maximum Gasteiger partial charge on any atom is 0.238 e. The van der Waals surface area contributed by atoms with Crippen LogP contribution >= 0.6 is 15.9 Å². The van der Waals surface area contributed by atoms with Gasteiger partial charge in [-0.2, -0.15) is 0 Å². The number of hydrogen-bond donors (Lipinski definition) is 2. The molecule has 1 rings (SSSR count). The van der Waals surface area contributed by atoms with Crippen molar-refractivity contribution in [3.05, 3.63) is 28.2 Å². The number of aryl methyl sites for hydroxylation is 1. The maximum absolute atomic E-state index is 12.0. The first-order chi connectivity index (χ1) is 9.35. The van der Waals surface area contributed by atoms with Crippen LogP contribution in [0.2, 0.25) is 0 Å². The Morgan fingerprint density at radius 1 is 1.40 bits per heavy atom. The van der Waals surface area contributed by atoms with Gasteiger partial charge in [0.1, 0.15) is 0 Å². The molecule has 0 bridgehead atoms. The van der Waals surface area contributed by atoms with E-state index < -0.39 is 0 Å². The van der Waals surface area contributed by atoms with Gasteiger partial charge in [0.05, 0.1) is 12.6 Å². The molecule has 5 nitrogen and oxygen atoms in total. The molecule has 20 heavy (non-hydrogen) atoms. The summed E-state index contributed by atoms with van der Waals surface area (Å²) in [5.41, 5.74) is 1.76. The minimum Gasteiger partial charge on any atom is -0.358 e. The summed E-state index contributed by atoms with van der Waals surface area (Å²) < 4.78 is 0.971. The Hall–Kier alpha value is -1.40. The Kier molecular flexibility index (Phi) is 6.16. The summed E-state index contributed by atoms with van der Waals surface area (Å²) in [6.07, 6.45) is 0. The fourth-order valence-electron chi connectivity index (χ4n) is 1.73. The highest BCUT2D eigenvalue weighted by Crippen LogP contribution is 2.19. The van der Waals surface area contributed by atoms with Gasteiger partial charge in [-0.15, -0.1) is 0 Å². The topological polar surface area (TPSA) is 61.4 Å². The highest BCUT2D eigenvalue weighted by atomic mass is 79.9. The lowest BCUT2D eigenvalue weighted by atomic mass is 10.2. The van der Waals surface area contributed by atoms with E-state index in [2.05, 4.69) is 26.6 Å². The molecule has 0 aromatic heterocycles. The lowest BCUT2D eigenvalue weighted by Gasteiger charge is -2.22. The summed E-state index contributed by atoms with van der Waals surface area (Å²) in [5.74, 6) is -0.256. The third kappa shape index (κ3) is 4.61. The van der Waals surface area contributed by atoms with E-state index in [1.165, 1.54) is 0 Å². The van der Waals surface area contributed by atoms with Crippen LogP contribution in [0, 0.1) is 6.92 Å². The number of likely N-dealkylation sites (N-methyl/N-ethyl adjacent to an activating group) is 2. The fourth-order valence-corrected chi connectivity index (χ4v) is 2.21. The van der Waals surface area contributed by atoms with Crippen molar-refractivity contribution in [1.82, 2.24) is 10.2 Å². The number of anilines is 1. The minimum absolute atomic E-state index is 0.111. The van der Waals surface area contributed by atoms with Crippen LogP contribution < -0.4 is 10.6 Å². The van der Waals surface area contributed by atoms with Gasteiger partial charge in [0.2, 0.25) is 11.8 Å². The highest BCUT2D eigenvalue weighted by Gasteiger charge is 2.19.